The van der Waals surface area contributed by atoms with Crippen molar-refractivity contribution in [1.82, 2.24) is 19.5 Å². The molecular formula is C18H20N4O2S. The zero-order valence-electron chi connectivity index (χ0n) is 14.2. The van der Waals surface area contributed by atoms with Gasteiger partial charge in [-0.3, -0.25) is 9.67 Å². The lowest BCUT2D eigenvalue weighted by atomic mass is 10.1. The van der Waals surface area contributed by atoms with Crippen molar-refractivity contribution in [2.75, 3.05) is 6.54 Å². The average molecular weight is 356 g/mol. The number of benzene rings is 1. The molecule has 25 heavy (non-hydrogen) atoms. The standard InChI is InChI=1S/C18H20N4O2S/c1-14-13-16(3-4-17(14)18-8-11-20-22(18)2)25(23,24)21-12-7-15-5-9-19-10-6-15/h3-6,8-11,13,21H,7,12H2,1-2H3. The Hall–Kier alpha value is -2.51. The molecule has 3 rings (SSSR count). The third-order valence-electron chi connectivity index (χ3n) is 4.06. The fourth-order valence-corrected chi connectivity index (χ4v) is 3.81. The summed E-state index contributed by atoms with van der Waals surface area (Å²) in [7, 11) is -1.68. The number of rotatable bonds is 6. The maximum atomic E-state index is 12.5. The van der Waals surface area contributed by atoms with E-state index in [9.17, 15) is 8.42 Å². The second kappa shape index (κ2) is 7.16. The zero-order chi connectivity index (χ0) is 17.9. The number of nitrogens with one attached hydrogen (secondary N) is 1. The quantitative estimate of drug-likeness (QED) is 0.735. The summed E-state index contributed by atoms with van der Waals surface area (Å²) < 4.78 is 29.4. The lowest BCUT2D eigenvalue weighted by Gasteiger charge is -2.11. The Balaban J connectivity index is 1.74. The van der Waals surface area contributed by atoms with Gasteiger partial charge in [-0.25, -0.2) is 13.1 Å². The topological polar surface area (TPSA) is 76.9 Å². The number of aryl methyl sites for hydroxylation is 2. The van der Waals surface area contributed by atoms with Crippen LogP contribution in [0.3, 0.4) is 0 Å². The molecule has 0 unspecified atom stereocenters. The molecule has 0 aliphatic carbocycles. The SMILES string of the molecule is Cc1cc(S(=O)(=O)NCCc2ccncc2)ccc1-c1ccnn1C. The van der Waals surface area contributed by atoms with Crippen molar-refractivity contribution >= 4 is 10.0 Å². The van der Waals surface area contributed by atoms with Crippen LogP contribution in [0.2, 0.25) is 0 Å². The van der Waals surface area contributed by atoms with Crippen LogP contribution in [-0.2, 0) is 23.5 Å². The summed E-state index contributed by atoms with van der Waals surface area (Å²) >= 11 is 0. The summed E-state index contributed by atoms with van der Waals surface area (Å²) in [5.41, 5.74) is 3.85. The second-order valence-electron chi connectivity index (χ2n) is 5.82. The molecule has 2 heterocycles. The summed E-state index contributed by atoms with van der Waals surface area (Å²) in [5, 5.41) is 4.16. The Morgan fingerprint density at radius 1 is 1.08 bits per heavy atom. The van der Waals surface area contributed by atoms with Gasteiger partial charge in [0.2, 0.25) is 10.0 Å². The van der Waals surface area contributed by atoms with E-state index in [0.717, 1.165) is 22.4 Å². The molecule has 0 radical (unpaired) electrons. The van der Waals surface area contributed by atoms with Gasteiger partial charge in [-0.1, -0.05) is 6.07 Å². The van der Waals surface area contributed by atoms with Gasteiger partial charge in [0.1, 0.15) is 0 Å². The number of pyridine rings is 1. The normalized spacial score (nSPS) is 11.6. The highest BCUT2D eigenvalue weighted by Gasteiger charge is 2.16. The predicted molar refractivity (Wildman–Crippen MR) is 96.5 cm³/mol. The third-order valence-corrected chi connectivity index (χ3v) is 5.52. The Labute approximate surface area is 147 Å². The second-order valence-corrected chi connectivity index (χ2v) is 7.59. The zero-order valence-corrected chi connectivity index (χ0v) is 15.0. The Bertz CT molecular complexity index is 966. The minimum atomic E-state index is -3.54. The van der Waals surface area contributed by atoms with Gasteiger partial charge < -0.3 is 0 Å². The van der Waals surface area contributed by atoms with E-state index in [0.29, 0.717) is 13.0 Å². The lowest BCUT2D eigenvalue weighted by Crippen LogP contribution is -2.26. The molecule has 0 atom stereocenters. The first kappa shape index (κ1) is 17.3. The molecule has 6 nitrogen and oxygen atoms in total. The molecule has 3 aromatic rings. The van der Waals surface area contributed by atoms with E-state index in [2.05, 4.69) is 14.8 Å². The number of hydrogen-bond acceptors (Lipinski definition) is 4. The van der Waals surface area contributed by atoms with Gasteiger partial charge in [0.05, 0.1) is 10.6 Å². The van der Waals surface area contributed by atoms with E-state index < -0.39 is 10.0 Å². The molecule has 2 aromatic heterocycles. The lowest BCUT2D eigenvalue weighted by molar-refractivity contribution is 0.581. The molecule has 1 aromatic carbocycles. The summed E-state index contributed by atoms with van der Waals surface area (Å²) in [6.45, 7) is 2.24. The van der Waals surface area contributed by atoms with E-state index in [1.807, 2.05) is 38.2 Å². The average Bonchev–Trinajstić information content (AvgIpc) is 3.01. The van der Waals surface area contributed by atoms with Crippen molar-refractivity contribution in [2.24, 2.45) is 7.05 Å². The summed E-state index contributed by atoms with van der Waals surface area (Å²) in [4.78, 5) is 4.22. The number of hydrogen-bond donors (Lipinski definition) is 1. The molecule has 0 spiro atoms. The third kappa shape index (κ3) is 3.94. The molecular weight excluding hydrogens is 336 g/mol. The first-order chi connectivity index (χ1) is 12.0. The fourth-order valence-electron chi connectivity index (χ4n) is 2.69. The summed E-state index contributed by atoms with van der Waals surface area (Å²) in [6.07, 6.45) is 5.74. The largest absolute Gasteiger partial charge is 0.268 e. The highest BCUT2D eigenvalue weighted by Crippen LogP contribution is 2.25. The van der Waals surface area contributed by atoms with E-state index in [4.69, 9.17) is 0 Å². The Morgan fingerprint density at radius 3 is 2.48 bits per heavy atom. The van der Waals surface area contributed by atoms with Crippen molar-refractivity contribution < 1.29 is 8.42 Å². The molecule has 0 aliphatic rings. The van der Waals surface area contributed by atoms with Gasteiger partial charge in [0, 0.05) is 37.7 Å². The Kier molecular flexibility index (Phi) is 4.96. The maximum Gasteiger partial charge on any atom is 0.240 e. The number of aromatic nitrogens is 3. The van der Waals surface area contributed by atoms with E-state index in [-0.39, 0.29) is 4.90 Å². The van der Waals surface area contributed by atoms with Crippen molar-refractivity contribution in [3.63, 3.8) is 0 Å². The van der Waals surface area contributed by atoms with Gasteiger partial charge >= 0.3 is 0 Å². The summed E-state index contributed by atoms with van der Waals surface area (Å²) in [6, 6.07) is 10.8. The Morgan fingerprint density at radius 2 is 1.84 bits per heavy atom. The van der Waals surface area contributed by atoms with Crippen molar-refractivity contribution in [3.05, 3.63) is 66.1 Å². The van der Waals surface area contributed by atoms with Crippen molar-refractivity contribution in [1.29, 1.82) is 0 Å². The molecule has 0 saturated carbocycles. The smallest absolute Gasteiger partial charge is 0.240 e. The van der Waals surface area contributed by atoms with Crippen LogP contribution in [-0.4, -0.2) is 29.7 Å². The van der Waals surface area contributed by atoms with Crippen molar-refractivity contribution in [3.8, 4) is 11.3 Å². The molecule has 0 amide bonds. The molecule has 7 heteroatoms. The first-order valence-corrected chi connectivity index (χ1v) is 9.43. The van der Waals surface area contributed by atoms with Crippen LogP contribution < -0.4 is 4.72 Å². The van der Waals surface area contributed by atoms with E-state index in [1.165, 1.54) is 0 Å². The first-order valence-electron chi connectivity index (χ1n) is 7.95. The van der Waals surface area contributed by atoms with E-state index >= 15 is 0 Å². The monoisotopic (exact) mass is 356 g/mol. The van der Waals surface area contributed by atoms with Crippen LogP contribution in [0.1, 0.15) is 11.1 Å². The number of sulfonamides is 1. The van der Waals surface area contributed by atoms with Crippen LogP contribution in [0.25, 0.3) is 11.3 Å². The highest BCUT2D eigenvalue weighted by molar-refractivity contribution is 7.89. The van der Waals surface area contributed by atoms with Gasteiger partial charge in [-0.2, -0.15) is 5.10 Å². The van der Waals surface area contributed by atoms with Gasteiger partial charge in [-0.15, -0.1) is 0 Å². The van der Waals surface area contributed by atoms with Gasteiger partial charge in [0.25, 0.3) is 0 Å². The van der Waals surface area contributed by atoms with E-state index in [1.54, 1.807) is 35.4 Å². The maximum absolute atomic E-state index is 12.5. The molecule has 1 N–H and O–H groups in total. The van der Waals surface area contributed by atoms with Gasteiger partial charge in [0.15, 0.2) is 0 Å². The minimum absolute atomic E-state index is 0.269. The van der Waals surface area contributed by atoms with Gasteiger partial charge in [-0.05, 0) is 54.8 Å². The molecule has 0 bridgehead atoms. The molecule has 0 fully saturated rings. The van der Waals surface area contributed by atoms with Crippen LogP contribution in [0.15, 0.2) is 59.9 Å². The van der Waals surface area contributed by atoms with Crippen LogP contribution in [0.4, 0.5) is 0 Å². The van der Waals surface area contributed by atoms with Crippen molar-refractivity contribution in [2.45, 2.75) is 18.2 Å². The number of nitrogens with zero attached hydrogens (tertiary/aromatic N) is 3. The molecule has 0 saturated heterocycles. The minimum Gasteiger partial charge on any atom is -0.268 e. The summed E-state index contributed by atoms with van der Waals surface area (Å²) in [5.74, 6) is 0. The molecule has 0 aliphatic heterocycles. The molecule has 130 valence electrons. The highest BCUT2D eigenvalue weighted by atomic mass is 32.2. The fraction of sp³-hybridized carbons (Fsp3) is 0.222. The predicted octanol–water partition coefficient (Wildman–Crippen LogP) is 2.31. The van der Waals surface area contributed by atoms with Crippen LogP contribution in [0.5, 0.6) is 0 Å². The van der Waals surface area contributed by atoms with Crippen LogP contribution >= 0.6 is 0 Å². The van der Waals surface area contributed by atoms with Crippen LogP contribution in [0, 0.1) is 6.92 Å².